The molecule has 0 saturated heterocycles. The third kappa shape index (κ3) is 4.99. The second kappa shape index (κ2) is 9.32. The van der Waals surface area contributed by atoms with Gasteiger partial charge in [-0.15, -0.1) is 0 Å². The molecule has 2 atom stereocenters. The van der Waals surface area contributed by atoms with Crippen LogP contribution in [-0.2, 0) is 9.59 Å². The molecule has 0 unspecified atom stereocenters. The molecule has 3 rings (SSSR count). The molecule has 1 amide bonds. The fraction of sp³-hybridized carbons (Fsp3) is 0.364. The second-order valence-electron chi connectivity index (χ2n) is 6.91. The summed E-state index contributed by atoms with van der Waals surface area (Å²) in [6.45, 7) is 0.559. The minimum absolute atomic E-state index is 0.0378. The predicted octanol–water partition coefficient (Wildman–Crippen LogP) is 3.29. The number of carbonyl (C=O) groups is 2. The number of rotatable bonds is 8. The number of aliphatic carboxylic acids is 1. The number of ether oxygens (including phenoxy) is 3. The van der Waals surface area contributed by atoms with Crippen LogP contribution in [0.4, 0.5) is 0 Å². The summed E-state index contributed by atoms with van der Waals surface area (Å²) in [4.78, 5) is 24.1. The molecule has 29 heavy (non-hydrogen) atoms. The average molecular weight is 399 g/mol. The third-order valence-electron chi connectivity index (χ3n) is 5.04. The molecule has 0 bridgehead atoms. The number of carboxylic acid groups (broad SMARTS) is 1. The molecule has 7 heteroatoms. The molecule has 0 radical (unpaired) electrons. The van der Waals surface area contributed by atoms with Crippen LogP contribution in [0.1, 0.15) is 42.3 Å². The van der Waals surface area contributed by atoms with E-state index in [0.29, 0.717) is 23.7 Å². The normalized spacial score (nSPS) is 16.1. The van der Waals surface area contributed by atoms with Crippen molar-refractivity contribution < 1.29 is 28.9 Å². The van der Waals surface area contributed by atoms with Gasteiger partial charge in [-0.1, -0.05) is 24.3 Å². The van der Waals surface area contributed by atoms with Gasteiger partial charge in [0.15, 0.2) is 11.5 Å². The van der Waals surface area contributed by atoms with Crippen LogP contribution in [0, 0.1) is 0 Å². The van der Waals surface area contributed by atoms with Crippen molar-refractivity contribution in [1.29, 1.82) is 0 Å². The molecular formula is C22H25NO6. The summed E-state index contributed by atoms with van der Waals surface area (Å²) in [5, 5.41) is 12.2. The lowest BCUT2D eigenvalue weighted by molar-refractivity contribution is -0.137. The Morgan fingerprint density at radius 1 is 1.17 bits per heavy atom. The van der Waals surface area contributed by atoms with Crippen molar-refractivity contribution >= 4 is 11.9 Å². The Balaban J connectivity index is 1.76. The molecule has 1 heterocycles. The van der Waals surface area contributed by atoms with E-state index in [4.69, 9.17) is 14.2 Å². The highest BCUT2D eigenvalue weighted by Crippen LogP contribution is 2.36. The van der Waals surface area contributed by atoms with Gasteiger partial charge >= 0.3 is 5.97 Å². The van der Waals surface area contributed by atoms with Crippen LogP contribution >= 0.6 is 0 Å². The van der Waals surface area contributed by atoms with Crippen LogP contribution in [0.3, 0.4) is 0 Å². The van der Waals surface area contributed by atoms with Gasteiger partial charge in [0.05, 0.1) is 33.3 Å². The van der Waals surface area contributed by atoms with Gasteiger partial charge in [-0.25, -0.2) is 0 Å². The standard InChI is InChI=1S/C22H25NO6/c1-27-19-8-7-15(11-20(19)28-2)17(13-22(25)26)23-21(24)12-14-9-10-29-18-6-4-3-5-16(14)18/h3-8,11,14,17H,9-10,12-13H2,1-2H3,(H,23,24)(H,25,26)/t14-,17+/m0/s1. The smallest absolute Gasteiger partial charge is 0.305 e. The van der Waals surface area contributed by atoms with Crippen molar-refractivity contribution in [1.82, 2.24) is 5.32 Å². The highest BCUT2D eigenvalue weighted by Gasteiger charge is 2.26. The minimum Gasteiger partial charge on any atom is -0.493 e. The molecule has 154 valence electrons. The largest absolute Gasteiger partial charge is 0.493 e. The van der Waals surface area contributed by atoms with E-state index in [1.165, 1.54) is 14.2 Å². The lowest BCUT2D eigenvalue weighted by atomic mass is 9.90. The van der Waals surface area contributed by atoms with Gasteiger partial charge in [0.1, 0.15) is 5.75 Å². The van der Waals surface area contributed by atoms with Gasteiger partial charge in [0, 0.05) is 6.42 Å². The van der Waals surface area contributed by atoms with Crippen molar-refractivity contribution in [3.8, 4) is 17.2 Å². The molecule has 0 fully saturated rings. The van der Waals surface area contributed by atoms with Crippen molar-refractivity contribution in [3.63, 3.8) is 0 Å². The lowest BCUT2D eigenvalue weighted by Crippen LogP contribution is -2.32. The van der Waals surface area contributed by atoms with Gasteiger partial charge < -0.3 is 24.6 Å². The minimum atomic E-state index is -0.999. The number of benzene rings is 2. The maximum absolute atomic E-state index is 12.8. The summed E-state index contributed by atoms with van der Waals surface area (Å²) in [7, 11) is 3.04. The number of fused-ring (bicyclic) bond motifs is 1. The van der Waals surface area contributed by atoms with Gasteiger partial charge in [-0.05, 0) is 41.7 Å². The van der Waals surface area contributed by atoms with Crippen LogP contribution in [0.25, 0.3) is 0 Å². The summed E-state index contributed by atoms with van der Waals surface area (Å²) >= 11 is 0. The molecule has 0 aromatic heterocycles. The molecule has 0 aliphatic carbocycles. The molecule has 0 saturated carbocycles. The Hall–Kier alpha value is -3.22. The number of nitrogens with one attached hydrogen (secondary N) is 1. The first-order chi connectivity index (χ1) is 14.0. The SMILES string of the molecule is COc1ccc([C@@H](CC(=O)O)NC(=O)C[C@@H]2CCOc3ccccc32)cc1OC. The first kappa shape index (κ1) is 20.5. The van der Waals surface area contributed by atoms with Gasteiger partial charge in [-0.3, -0.25) is 9.59 Å². The summed E-state index contributed by atoms with van der Waals surface area (Å²) in [6, 6.07) is 12.1. The Bertz CT molecular complexity index is 881. The maximum atomic E-state index is 12.8. The number of hydrogen-bond donors (Lipinski definition) is 2. The van der Waals surface area contributed by atoms with E-state index in [9.17, 15) is 14.7 Å². The maximum Gasteiger partial charge on any atom is 0.305 e. The third-order valence-corrected chi connectivity index (χ3v) is 5.04. The zero-order valence-corrected chi connectivity index (χ0v) is 16.5. The van der Waals surface area contributed by atoms with E-state index in [-0.39, 0.29) is 24.7 Å². The Morgan fingerprint density at radius 3 is 2.66 bits per heavy atom. The summed E-state index contributed by atoms with van der Waals surface area (Å²) in [6.07, 6.45) is 0.778. The first-order valence-electron chi connectivity index (χ1n) is 9.46. The number of carboxylic acids is 1. The van der Waals surface area contributed by atoms with E-state index in [1.54, 1.807) is 18.2 Å². The number of hydrogen-bond acceptors (Lipinski definition) is 5. The van der Waals surface area contributed by atoms with Crippen LogP contribution in [0.2, 0.25) is 0 Å². The Kier molecular flexibility index (Phi) is 6.59. The summed E-state index contributed by atoms with van der Waals surface area (Å²) in [5.74, 6) is 0.659. The van der Waals surface area contributed by atoms with Crippen LogP contribution in [0.5, 0.6) is 17.2 Å². The highest BCUT2D eigenvalue weighted by molar-refractivity contribution is 5.79. The highest BCUT2D eigenvalue weighted by atomic mass is 16.5. The van der Waals surface area contributed by atoms with Crippen molar-refractivity contribution in [2.75, 3.05) is 20.8 Å². The molecule has 7 nitrogen and oxygen atoms in total. The zero-order chi connectivity index (χ0) is 20.8. The van der Waals surface area contributed by atoms with E-state index in [0.717, 1.165) is 17.7 Å². The van der Waals surface area contributed by atoms with E-state index in [2.05, 4.69) is 5.32 Å². The Morgan fingerprint density at radius 2 is 1.93 bits per heavy atom. The topological polar surface area (TPSA) is 94.1 Å². The zero-order valence-electron chi connectivity index (χ0n) is 16.5. The first-order valence-corrected chi connectivity index (χ1v) is 9.46. The molecule has 1 aliphatic rings. The van der Waals surface area contributed by atoms with Gasteiger partial charge in [0.2, 0.25) is 5.91 Å². The fourth-order valence-electron chi connectivity index (χ4n) is 3.60. The van der Waals surface area contributed by atoms with Crippen LogP contribution in [0.15, 0.2) is 42.5 Å². The fourth-order valence-corrected chi connectivity index (χ4v) is 3.60. The number of para-hydroxylation sites is 1. The summed E-state index contributed by atoms with van der Waals surface area (Å²) in [5.41, 5.74) is 1.65. The van der Waals surface area contributed by atoms with E-state index in [1.807, 2.05) is 24.3 Å². The molecule has 1 aliphatic heterocycles. The monoisotopic (exact) mass is 399 g/mol. The van der Waals surface area contributed by atoms with Crippen LogP contribution in [-0.4, -0.2) is 37.8 Å². The van der Waals surface area contributed by atoms with Gasteiger partial charge in [0.25, 0.3) is 0 Å². The number of methoxy groups -OCH3 is 2. The van der Waals surface area contributed by atoms with E-state index >= 15 is 0 Å². The molecule has 0 spiro atoms. The van der Waals surface area contributed by atoms with Crippen molar-refractivity contribution in [3.05, 3.63) is 53.6 Å². The Labute approximate surface area is 169 Å². The number of carbonyl (C=O) groups excluding carboxylic acids is 1. The molecular weight excluding hydrogens is 374 g/mol. The van der Waals surface area contributed by atoms with Gasteiger partial charge in [-0.2, -0.15) is 0 Å². The lowest BCUT2D eigenvalue weighted by Gasteiger charge is -2.26. The van der Waals surface area contributed by atoms with Crippen molar-refractivity contribution in [2.45, 2.75) is 31.2 Å². The average Bonchev–Trinajstić information content (AvgIpc) is 2.72. The quantitative estimate of drug-likeness (QED) is 0.707. The summed E-state index contributed by atoms with van der Waals surface area (Å²) < 4.78 is 16.2. The van der Waals surface area contributed by atoms with E-state index < -0.39 is 12.0 Å². The van der Waals surface area contributed by atoms with Crippen LogP contribution < -0.4 is 19.5 Å². The van der Waals surface area contributed by atoms with Crippen molar-refractivity contribution in [2.24, 2.45) is 0 Å². The molecule has 2 N–H and O–H groups in total. The second-order valence-corrected chi connectivity index (χ2v) is 6.91. The predicted molar refractivity (Wildman–Crippen MR) is 107 cm³/mol. The number of amides is 1. The molecule has 2 aromatic carbocycles. The molecule has 2 aromatic rings.